The van der Waals surface area contributed by atoms with E-state index in [2.05, 4.69) is 5.32 Å². The van der Waals surface area contributed by atoms with Crippen LogP contribution in [0.25, 0.3) is 0 Å². The van der Waals surface area contributed by atoms with Crippen molar-refractivity contribution in [2.45, 2.75) is 33.7 Å². The number of benzene rings is 1. The summed E-state index contributed by atoms with van der Waals surface area (Å²) in [6.07, 6.45) is 0. The van der Waals surface area contributed by atoms with E-state index < -0.39 is 6.04 Å². The molecule has 1 rings (SSSR count). The van der Waals surface area contributed by atoms with E-state index in [1.165, 1.54) is 0 Å². The van der Waals surface area contributed by atoms with Gasteiger partial charge < -0.3 is 16.0 Å². The molecule has 0 aliphatic heterocycles. The van der Waals surface area contributed by atoms with Gasteiger partial charge in [0.15, 0.2) is 0 Å². The van der Waals surface area contributed by atoms with Crippen LogP contribution >= 0.6 is 0 Å². The molecule has 0 bridgehead atoms. The maximum absolute atomic E-state index is 12.2. The van der Waals surface area contributed by atoms with Crippen molar-refractivity contribution in [3.8, 4) is 0 Å². The van der Waals surface area contributed by atoms with Gasteiger partial charge in [-0.25, -0.2) is 0 Å². The van der Waals surface area contributed by atoms with Gasteiger partial charge in [0.05, 0.1) is 0 Å². The van der Waals surface area contributed by atoms with Crippen molar-refractivity contribution in [2.24, 2.45) is 0 Å². The van der Waals surface area contributed by atoms with Gasteiger partial charge in [0, 0.05) is 24.3 Å². The minimum Gasteiger partial charge on any atom is -0.399 e. The average Bonchev–Trinajstić information content (AvgIpc) is 2.42. The fraction of sp³-hybridized carbons (Fsp3) is 0.467. The Balaban J connectivity index is 2.80. The van der Waals surface area contributed by atoms with Gasteiger partial charge in [-0.15, -0.1) is 0 Å². The van der Waals surface area contributed by atoms with Gasteiger partial charge >= 0.3 is 0 Å². The third kappa shape index (κ3) is 3.73. The topological polar surface area (TPSA) is 75.4 Å². The Morgan fingerprint density at radius 3 is 2.45 bits per heavy atom. The number of rotatable bonds is 5. The zero-order valence-corrected chi connectivity index (χ0v) is 12.6. The minimum atomic E-state index is -0.553. The maximum Gasteiger partial charge on any atom is 0.252 e. The first-order valence-electron chi connectivity index (χ1n) is 6.86. The number of nitrogens with two attached hydrogens (primary N) is 1. The van der Waals surface area contributed by atoms with Crippen LogP contribution in [0.2, 0.25) is 0 Å². The number of carbonyl (C=O) groups is 2. The predicted molar refractivity (Wildman–Crippen MR) is 80.4 cm³/mol. The number of nitrogen functional groups attached to an aromatic ring is 1. The van der Waals surface area contributed by atoms with Crippen molar-refractivity contribution in [1.82, 2.24) is 10.2 Å². The van der Waals surface area contributed by atoms with Crippen LogP contribution in [-0.2, 0) is 4.79 Å². The molecule has 0 saturated carbocycles. The van der Waals surface area contributed by atoms with Gasteiger partial charge in [0.1, 0.15) is 6.04 Å². The SMILES string of the molecule is CCN(CC)C(=O)C(C)NC(=O)c1cc(N)ccc1C. The molecular formula is C15H23N3O2. The van der Waals surface area contributed by atoms with Gasteiger partial charge in [-0.05, 0) is 45.4 Å². The Bertz CT molecular complexity index is 496. The summed E-state index contributed by atoms with van der Waals surface area (Å²) in [6.45, 7) is 8.63. The van der Waals surface area contributed by atoms with Crippen molar-refractivity contribution in [1.29, 1.82) is 0 Å². The molecule has 0 radical (unpaired) electrons. The molecule has 1 aromatic rings. The zero-order chi connectivity index (χ0) is 15.3. The molecule has 0 heterocycles. The summed E-state index contributed by atoms with van der Waals surface area (Å²) >= 11 is 0. The fourth-order valence-corrected chi connectivity index (χ4v) is 2.03. The molecule has 5 heteroatoms. The van der Waals surface area contributed by atoms with Gasteiger partial charge in [0.25, 0.3) is 5.91 Å². The first-order chi connectivity index (χ1) is 9.40. The molecule has 0 aliphatic carbocycles. The number of hydrogen-bond acceptors (Lipinski definition) is 3. The minimum absolute atomic E-state index is 0.0788. The lowest BCUT2D eigenvalue weighted by atomic mass is 10.1. The molecule has 0 saturated heterocycles. The number of carbonyl (C=O) groups excluding carboxylic acids is 2. The summed E-state index contributed by atoms with van der Waals surface area (Å²) in [7, 11) is 0. The van der Waals surface area contributed by atoms with E-state index in [4.69, 9.17) is 5.73 Å². The van der Waals surface area contributed by atoms with E-state index in [-0.39, 0.29) is 11.8 Å². The number of nitrogens with zero attached hydrogens (tertiary/aromatic N) is 1. The molecule has 5 nitrogen and oxygen atoms in total. The van der Waals surface area contributed by atoms with Crippen LogP contribution in [0.4, 0.5) is 5.69 Å². The summed E-state index contributed by atoms with van der Waals surface area (Å²) in [4.78, 5) is 26.0. The molecule has 1 aromatic carbocycles. The average molecular weight is 277 g/mol. The van der Waals surface area contributed by atoms with Gasteiger partial charge in [-0.2, -0.15) is 0 Å². The second-order valence-corrected chi connectivity index (χ2v) is 4.78. The Morgan fingerprint density at radius 2 is 1.90 bits per heavy atom. The van der Waals surface area contributed by atoms with E-state index in [0.717, 1.165) is 5.56 Å². The van der Waals surface area contributed by atoms with Gasteiger partial charge in [0.2, 0.25) is 5.91 Å². The third-order valence-corrected chi connectivity index (χ3v) is 3.30. The molecule has 20 heavy (non-hydrogen) atoms. The highest BCUT2D eigenvalue weighted by molar-refractivity contribution is 5.99. The van der Waals surface area contributed by atoms with Crippen molar-refractivity contribution >= 4 is 17.5 Å². The second-order valence-electron chi connectivity index (χ2n) is 4.78. The fourth-order valence-electron chi connectivity index (χ4n) is 2.03. The smallest absolute Gasteiger partial charge is 0.252 e. The van der Waals surface area contributed by atoms with Crippen LogP contribution < -0.4 is 11.1 Å². The van der Waals surface area contributed by atoms with Gasteiger partial charge in [-0.1, -0.05) is 6.07 Å². The highest BCUT2D eigenvalue weighted by Gasteiger charge is 2.21. The van der Waals surface area contributed by atoms with Crippen LogP contribution in [0.5, 0.6) is 0 Å². The van der Waals surface area contributed by atoms with Gasteiger partial charge in [-0.3, -0.25) is 9.59 Å². The molecule has 0 aromatic heterocycles. The standard InChI is InChI=1S/C15H23N3O2/c1-5-18(6-2)15(20)11(4)17-14(19)13-9-12(16)8-7-10(13)3/h7-9,11H,5-6,16H2,1-4H3,(H,17,19). The highest BCUT2D eigenvalue weighted by Crippen LogP contribution is 2.12. The van der Waals surface area contributed by atoms with E-state index in [9.17, 15) is 9.59 Å². The van der Waals surface area contributed by atoms with Crippen molar-refractivity contribution < 1.29 is 9.59 Å². The molecule has 2 amide bonds. The number of nitrogens with one attached hydrogen (secondary N) is 1. The Morgan fingerprint density at radius 1 is 1.30 bits per heavy atom. The van der Waals surface area contributed by atoms with E-state index in [1.54, 1.807) is 30.0 Å². The summed E-state index contributed by atoms with van der Waals surface area (Å²) in [5.41, 5.74) is 7.56. The summed E-state index contributed by atoms with van der Waals surface area (Å²) in [6, 6.07) is 4.61. The molecule has 0 fully saturated rings. The van der Waals surface area contributed by atoms with Crippen LogP contribution in [-0.4, -0.2) is 35.8 Å². The number of anilines is 1. The van der Waals surface area contributed by atoms with E-state index >= 15 is 0 Å². The van der Waals surface area contributed by atoms with E-state index in [0.29, 0.717) is 24.3 Å². The Labute approximate surface area is 120 Å². The number of hydrogen-bond donors (Lipinski definition) is 2. The maximum atomic E-state index is 12.2. The van der Waals surface area contributed by atoms with Crippen LogP contribution in [0.1, 0.15) is 36.7 Å². The zero-order valence-electron chi connectivity index (χ0n) is 12.6. The number of aryl methyl sites for hydroxylation is 1. The molecule has 1 atom stereocenters. The highest BCUT2D eigenvalue weighted by atomic mass is 16.2. The quantitative estimate of drug-likeness (QED) is 0.802. The first kappa shape index (κ1) is 16.0. The van der Waals surface area contributed by atoms with Crippen LogP contribution in [0.3, 0.4) is 0 Å². The number of amides is 2. The molecule has 3 N–H and O–H groups in total. The Kier molecular flexibility index (Phi) is 5.55. The van der Waals surface area contributed by atoms with Crippen molar-refractivity contribution in [3.05, 3.63) is 29.3 Å². The Hall–Kier alpha value is -2.04. The molecule has 0 spiro atoms. The van der Waals surface area contributed by atoms with E-state index in [1.807, 2.05) is 20.8 Å². The monoisotopic (exact) mass is 277 g/mol. The normalized spacial score (nSPS) is 11.8. The summed E-state index contributed by atoms with van der Waals surface area (Å²) < 4.78 is 0. The summed E-state index contributed by atoms with van der Waals surface area (Å²) in [5.74, 6) is -0.354. The molecule has 0 aliphatic rings. The molecule has 1 unspecified atom stereocenters. The summed E-state index contributed by atoms with van der Waals surface area (Å²) in [5, 5.41) is 2.73. The number of likely N-dealkylation sites (N-methyl/N-ethyl adjacent to an activating group) is 1. The lowest BCUT2D eigenvalue weighted by molar-refractivity contribution is -0.132. The van der Waals surface area contributed by atoms with Crippen LogP contribution in [0, 0.1) is 6.92 Å². The lowest BCUT2D eigenvalue weighted by Gasteiger charge is -2.23. The lowest BCUT2D eigenvalue weighted by Crippen LogP contribution is -2.46. The molecular weight excluding hydrogens is 254 g/mol. The van der Waals surface area contributed by atoms with Crippen LogP contribution in [0.15, 0.2) is 18.2 Å². The largest absolute Gasteiger partial charge is 0.399 e. The predicted octanol–water partition coefficient (Wildman–Crippen LogP) is 1.56. The van der Waals surface area contributed by atoms with Crippen molar-refractivity contribution in [2.75, 3.05) is 18.8 Å². The second kappa shape index (κ2) is 6.93. The molecule has 110 valence electrons. The third-order valence-electron chi connectivity index (χ3n) is 3.30. The van der Waals surface area contributed by atoms with Crippen molar-refractivity contribution in [3.63, 3.8) is 0 Å². The first-order valence-corrected chi connectivity index (χ1v) is 6.86.